The molecule has 0 radical (unpaired) electrons. The van der Waals surface area contributed by atoms with E-state index < -0.39 is 32.1 Å². The van der Waals surface area contributed by atoms with Gasteiger partial charge >= 0.3 is 0 Å². The maximum atomic E-state index is 15.0. The van der Waals surface area contributed by atoms with Crippen molar-refractivity contribution in [3.63, 3.8) is 0 Å². The quantitative estimate of drug-likeness (QED) is 0.309. The van der Waals surface area contributed by atoms with Crippen molar-refractivity contribution in [2.45, 2.75) is 30.6 Å². The first-order chi connectivity index (χ1) is 17.5. The fourth-order valence-electron chi connectivity index (χ4n) is 3.94. The zero-order valence-corrected chi connectivity index (χ0v) is 21.4. The van der Waals surface area contributed by atoms with Crippen LogP contribution in [0.15, 0.2) is 35.4 Å². The minimum Gasteiger partial charge on any atom is -0.323 e. The first kappa shape index (κ1) is 24.6. The molecule has 0 aliphatic heterocycles. The molecule has 0 amide bonds. The van der Waals surface area contributed by atoms with Crippen LogP contribution in [0.2, 0.25) is 0 Å². The highest BCUT2D eigenvalue weighted by Crippen LogP contribution is 2.47. The number of anilines is 6. The van der Waals surface area contributed by atoms with Crippen LogP contribution in [0.1, 0.15) is 30.0 Å². The van der Waals surface area contributed by atoms with Gasteiger partial charge in [0.2, 0.25) is 5.95 Å². The van der Waals surface area contributed by atoms with Crippen LogP contribution in [-0.2, 0) is 16.9 Å². The summed E-state index contributed by atoms with van der Waals surface area (Å²) in [4.78, 5) is 9.90. The van der Waals surface area contributed by atoms with Crippen molar-refractivity contribution in [3.05, 3.63) is 53.4 Å². The molecule has 0 unspecified atom stereocenters. The smallest absolute Gasteiger partial charge is 0.233 e. The molecule has 1 aliphatic rings. The molecule has 1 fully saturated rings. The Balaban J connectivity index is 1.64. The van der Waals surface area contributed by atoms with Crippen molar-refractivity contribution in [1.29, 1.82) is 0 Å². The summed E-state index contributed by atoms with van der Waals surface area (Å²) >= 11 is 0. The van der Waals surface area contributed by atoms with E-state index in [1.807, 2.05) is 6.92 Å². The van der Waals surface area contributed by atoms with Crippen LogP contribution >= 0.6 is 0 Å². The third-order valence-electron chi connectivity index (χ3n) is 5.89. The number of benzene rings is 1. The highest BCUT2D eigenvalue weighted by atomic mass is 32.2. The number of hydrogen-bond donors (Lipinski definition) is 3. The number of H-pyrrole nitrogens is 1. The minimum absolute atomic E-state index is 0.0255. The Morgan fingerprint density at radius 1 is 1.08 bits per heavy atom. The lowest BCUT2D eigenvalue weighted by Crippen LogP contribution is -2.19. The van der Waals surface area contributed by atoms with Crippen molar-refractivity contribution < 1.29 is 17.2 Å². The molecule has 1 saturated carbocycles. The lowest BCUT2D eigenvalue weighted by atomic mass is 10.1. The normalized spacial score (nSPS) is 13.6. The molecule has 1 aliphatic carbocycles. The Morgan fingerprint density at radius 2 is 1.70 bits per heavy atom. The van der Waals surface area contributed by atoms with E-state index in [2.05, 4.69) is 35.9 Å². The Bertz CT molecular complexity index is 1510. The Kier molecular flexibility index (Phi) is 6.06. The standard InChI is InChI=1S/C23H25F2N9O2S/c1-12-9-18(31-30-12)27-22-19(13-5-6-13)21(26-17-7-8-33(2)32-17)28-23(29-22)34(3)20-15(24)10-14(11-16(20)25)37(4,35)36/h7-11,13H,5-6H2,1-4H3,(H3,26,27,28,29,30,31,32). The summed E-state index contributed by atoms with van der Waals surface area (Å²) in [6, 6.07) is 5.13. The molecule has 194 valence electrons. The summed E-state index contributed by atoms with van der Waals surface area (Å²) in [6.07, 6.45) is 4.52. The maximum absolute atomic E-state index is 15.0. The van der Waals surface area contributed by atoms with Crippen LogP contribution in [0.4, 0.5) is 43.7 Å². The molecule has 3 N–H and O–H groups in total. The molecular weight excluding hydrogens is 504 g/mol. The molecule has 4 aromatic rings. The average Bonchev–Trinajstić information content (AvgIpc) is 3.44. The van der Waals surface area contributed by atoms with E-state index in [4.69, 9.17) is 0 Å². The lowest BCUT2D eigenvalue weighted by molar-refractivity contribution is 0.569. The second-order valence-electron chi connectivity index (χ2n) is 9.04. The summed E-state index contributed by atoms with van der Waals surface area (Å²) in [5, 5.41) is 17.8. The van der Waals surface area contributed by atoms with Gasteiger partial charge in [0.05, 0.1) is 4.90 Å². The number of nitrogens with one attached hydrogen (secondary N) is 3. The van der Waals surface area contributed by atoms with Crippen molar-refractivity contribution in [2.24, 2.45) is 7.05 Å². The van der Waals surface area contributed by atoms with Crippen LogP contribution in [-0.4, -0.2) is 51.7 Å². The van der Waals surface area contributed by atoms with Gasteiger partial charge < -0.3 is 15.5 Å². The molecule has 0 bridgehead atoms. The number of aromatic amines is 1. The van der Waals surface area contributed by atoms with Crippen molar-refractivity contribution in [1.82, 2.24) is 29.9 Å². The van der Waals surface area contributed by atoms with E-state index in [-0.39, 0.29) is 11.9 Å². The van der Waals surface area contributed by atoms with E-state index in [1.165, 1.54) is 7.05 Å². The maximum Gasteiger partial charge on any atom is 0.233 e. The zero-order valence-electron chi connectivity index (χ0n) is 20.5. The van der Waals surface area contributed by atoms with E-state index in [9.17, 15) is 8.42 Å². The van der Waals surface area contributed by atoms with Gasteiger partial charge in [-0.25, -0.2) is 17.2 Å². The molecule has 11 nitrogen and oxygen atoms in total. The van der Waals surface area contributed by atoms with Gasteiger partial charge in [0.1, 0.15) is 17.3 Å². The highest BCUT2D eigenvalue weighted by Gasteiger charge is 2.33. The van der Waals surface area contributed by atoms with Crippen molar-refractivity contribution in [2.75, 3.05) is 28.8 Å². The first-order valence-corrected chi connectivity index (χ1v) is 13.3. The molecule has 0 saturated heterocycles. The Labute approximate surface area is 211 Å². The largest absolute Gasteiger partial charge is 0.323 e. The fourth-order valence-corrected chi connectivity index (χ4v) is 4.58. The van der Waals surface area contributed by atoms with Gasteiger partial charge in [-0.15, -0.1) is 0 Å². The summed E-state index contributed by atoms with van der Waals surface area (Å²) < 4.78 is 55.4. The van der Waals surface area contributed by atoms with Crippen molar-refractivity contribution in [3.8, 4) is 0 Å². The van der Waals surface area contributed by atoms with Crippen LogP contribution in [0.25, 0.3) is 0 Å². The lowest BCUT2D eigenvalue weighted by Gasteiger charge is -2.22. The van der Waals surface area contributed by atoms with E-state index in [0.29, 0.717) is 23.3 Å². The second-order valence-corrected chi connectivity index (χ2v) is 11.1. The third-order valence-corrected chi connectivity index (χ3v) is 6.98. The molecule has 3 heterocycles. The molecule has 37 heavy (non-hydrogen) atoms. The number of hydrogen-bond acceptors (Lipinski definition) is 9. The monoisotopic (exact) mass is 529 g/mol. The first-order valence-electron chi connectivity index (χ1n) is 11.4. The Hall–Kier alpha value is -4.07. The molecular formula is C23H25F2N9O2S. The van der Waals surface area contributed by atoms with Gasteiger partial charge in [0.25, 0.3) is 0 Å². The number of aromatic nitrogens is 6. The molecule has 14 heteroatoms. The van der Waals surface area contributed by atoms with Gasteiger partial charge in [0.15, 0.2) is 33.1 Å². The second kappa shape index (κ2) is 9.10. The van der Waals surface area contributed by atoms with E-state index in [0.717, 1.165) is 47.4 Å². The van der Waals surface area contributed by atoms with Crippen LogP contribution in [0.3, 0.4) is 0 Å². The molecule has 1 aromatic carbocycles. The average molecular weight is 530 g/mol. The van der Waals surface area contributed by atoms with Gasteiger partial charge in [-0.3, -0.25) is 9.78 Å². The summed E-state index contributed by atoms with van der Waals surface area (Å²) in [7, 11) is -0.624. The van der Waals surface area contributed by atoms with Crippen LogP contribution in [0.5, 0.6) is 0 Å². The number of halogens is 2. The third kappa shape index (κ3) is 5.09. The highest BCUT2D eigenvalue weighted by molar-refractivity contribution is 7.90. The van der Waals surface area contributed by atoms with Gasteiger partial charge in [-0.2, -0.15) is 20.2 Å². The van der Waals surface area contributed by atoms with E-state index in [1.54, 1.807) is 30.1 Å². The SMILES string of the molecule is Cc1cc(Nc2nc(N(C)c3c(F)cc(S(C)(=O)=O)cc3F)nc(Nc3ccn(C)n3)c2C2CC2)n[nH]1. The minimum atomic E-state index is -3.81. The molecule has 0 spiro atoms. The Morgan fingerprint density at radius 3 is 2.19 bits per heavy atom. The topological polar surface area (TPSA) is 134 Å². The number of rotatable bonds is 8. The van der Waals surface area contributed by atoms with Gasteiger partial charge in [0, 0.05) is 49.9 Å². The van der Waals surface area contributed by atoms with Crippen molar-refractivity contribution >= 4 is 44.7 Å². The van der Waals surface area contributed by atoms with Gasteiger partial charge in [-0.05, 0) is 37.8 Å². The number of aryl methyl sites for hydroxylation is 2. The number of sulfone groups is 1. The van der Waals surface area contributed by atoms with E-state index >= 15 is 8.78 Å². The summed E-state index contributed by atoms with van der Waals surface area (Å²) in [5.74, 6) is -0.0558. The van der Waals surface area contributed by atoms with Crippen LogP contribution < -0.4 is 15.5 Å². The predicted molar refractivity (Wildman–Crippen MR) is 135 cm³/mol. The zero-order chi connectivity index (χ0) is 26.5. The molecule has 5 rings (SSSR count). The molecule has 0 atom stereocenters. The summed E-state index contributed by atoms with van der Waals surface area (Å²) in [6.45, 7) is 1.86. The van der Waals surface area contributed by atoms with Gasteiger partial charge in [-0.1, -0.05) is 0 Å². The fraction of sp³-hybridized carbons (Fsp3) is 0.304. The summed E-state index contributed by atoms with van der Waals surface area (Å²) in [5.41, 5.74) is 1.15. The number of nitrogens with zero attached hydrogens (tertiary/aromatic N) is 6. The molecule has 3 aromatic heterocycles. The predicted octanol–water partition coefficient (Wildman–Crippen LogP) is 4.06. The van der Waals surface area contributed by atoms with Crippen LogP contribution in [0, 0.1) is 18.6 Å².